The number of ether oxygens (including phenoxy) is 1. The van der Waals surface area contributed by atoms with Gasteiger partial charge in [-0.2, -0.15) is 0 Å². The van der Waals surface area contributed by atoms with Gasteiger partial charge in [-0.3, -0.25) is 23.5 Å². The number of esters is 1. The summed E-state index contributed by atoms with van der Waals surface area (Å²) < 4.78 is 8.37. The van der Waals surface area contributed by atoms with Crippen molar-refractivity contribution in [3.8, 4) is 0 Å². The largest absolute Gasteiger partial charge is 0.454 e. The Hall–Kier alpha value is -2.91. The fourth-order valence-corrected chi connectivity index (χ4v) is 2.27. The van der Waals surface area contributed by atoms with Crippen molar-refractivity contribution < 1.29 is 14.3 Å². The van der Waals surface area contributed by atoms with Crippen molar-refractivity contribution >= 4 is 23.0 Å². The molecule has 10 nitrogen and oxygen atoms in total. The Morgan fingerprint density at radius 3 is 2.60 bits per heavy atom. The zero-order chi connectivity index (χ0) is 18.7. The summed E-state index contributed by atoms with van der Waals surface area (Å²) in [6.07, 6.45) is 2.05. The first kappa shape index (κ1) is 18.4. The third kappa shape index (κ3) is 3.78. The molecule has 2 heterocycles. The SMILES string of the molecule is CC[C@H](C)NC(=O)COC(=O)Cn1cnc2c1c(=O)n(C)c(=O)n2C. The quantitative estimate of drug-likeness (QED) is 0.660. The summed E-state index contributed by atoms with van der Waals surface area (Å²) in [5, 5.41) is 2.68. The molecule has 2 rings (SSSR count). The molecule has 0 aliphatic carbocycles. The first-order valence-electron chi connectivity index (χ1n) is 7.82. The van der Waals surface area contributed by atoms with Gasteiger partial charge in [0.05, 0.1) is 6.33 Å². The van der Waals surface area contributed by atoms with Crippen molar-refractivity contribution in [3.05, 3.63) is 27.2 Å². The lowest BCUT2D eigenvalue weighted by atomic mass is 10.2. The minimum atomic E-state index is -0.686. The number of nitrogens with one attached hydrogen (secondary N) is 1. The van der Waals surface area contributed by atoms with Crippen LogP contribution in [0.2, 0.25) is 0 Å². The van der Waals surface area contributed by atoms with Crippen LogP contribution >= 0.6 is 0 Å². The fourth-order valence-electron chi connectivity index (χ4n) is 2.27. The van der Waals surface area contributed by atoms with Crippen LogP contribution in [0.3, 0.4) is 0 Å². The molecular weight excluding hydrogens is 330 g/mol. The van der Waals surface area contributed by atoms with Crippen molar-refractivity contribution in [3.63, 3.8) is 0 Å². The van der Waals surface area contributed by atoms with Gasteiger partial charge in [0, 0.05) is 20.1 Å². The van der Waals surface area contributed by atoms with Gasteiger partial charge in [0.15, 0.2) is 17.8 Å². The average molecular weight is 351 g/mol. The molecule has 10 heteroatoms. The summed E-state index contributed by atoms with van der Waals surface area (Å²) in [7, 11) is 2.83. The highest BCUT2D eigenvalue weighted by Gasteiger charge is 2.17. The van der Waals surface area contributed by atoms with E-state index < -0.39 is 29.7 Å². The molecule has 0 aromatic carbocycles. The predicted molar refractivity (Wildman–Crippen MR) is 89.1 cm³/mol. The van der Waals surface area contributed by atoms with Crippen molar-refractivity contribution in [2.24, 2.45) is 14.1 Å². The zero-order valence-corrected chi connectivity index (χ0v) is 14.6. The summed E-state index contributed by atoms with van der Waals surface area (Å²) >= 11 is 0. The minimum Gasteiger partial charge on any atom is -0.454 e. The maximum absolute atomic E-state index is 12.3. The van der Waals surface area contributed by atoms with Gasteiger partial charge in [-0.05, 0) is 13.3 Å². The van der Waals surface area contributed by atoms with E-state index in [1.54, 1.807) is 0 Å². The molecule has 0 saturated carbocycles. The van der Waals surface area contributed by atoms with Crippen LogP contribution < -0.4 is 16.6 Å². The number of nitrogens with zero attached hydrogens (tertiary/aromatic N) is 4. The molecule has 0 radical (unpaired) electrons. The average Bonchev–Trinajstić information content (AvgIpc) is 2.99. The highest BCUT2D eigenvalue weighted by atomic mass is 16.5. The van der Waals surface area contributed by atoms with Crippen molar-refractivity contribution in [2.45, 2.75) is 32.9 Å². The number of imidazole rings is 1. The molecule has 0 aliphatic rings. The van der Waals surface area contributed by atoms with Gasteiger partial charge in [-0.25, -0.2) is 9.78 Å². The summed E-state index contributed by atoms with van der Waals surface area (Å²) in [6.45, 7) is 3.08. The number of hydrogen-bond donors (Lipinski definition) is 1. The molecule has 1 N–H and O–H groups in total. The van der Waals surface area contributed by atoms with E-state index in [2.05, 4.69) is 10.3 Å². The van der Waals surface area contributed by atoms with Crippen LogP contribution in [0.25, 0.3) is 11.2 Å². The standard InChI is InChI=1S/C15H21N5O5/c1-5-9(2)17-10(21)7-25-11(22)6-20-8-16-13-12(20)14(23)19(4)15(24)18(13)3/h8-9H,5-7H2,1-4H3,(H,17,21)/t9-/m0/s1. The molecule has 1 atom stereocenters. The third-order valence-corrected chi connectivity index (χ3v) is 3.90. The van der Waals surface area contributed by atoms with Crippen LogP contribution in [0.4, 0.5) is 0 Å². The molecule has 0 bridgehead atoms. The highest BCUT2D eigenvalue weighted by Crippen LogP contribution is 2.05. The van der Waals surface area contributed by atoms with E-state index in [1.807, 2.05) is 13.8 Å². The van der Waals surface area contributed by atoms with Gasteiger partial charge in [0.2, 0.25) is 0 Å². The van der Waals surface area contributed by atoms with Gasteiger partial charge >= 0.3 is 11.7 Å². The van der Waals surface area contributed by atoms with Crippen LogP contribution in [-0.4, -0.2) is 43.2 Å². The monoisotopic (exact) mass is 351 g/mol. The second kappa shape index (κ2) is 7.32. The molecular formula is C15H21N5O5. The second-order valence-electron chi connectivity index (χ2n) is 5.79. The Morgan fingerprint density at radius 1 is 1.28 bits per heavy atom. The number of hydrogen-bond acceptors (Lipinski definition) is 6. The number of carbonyl (C=O) groups excluding carboxylic acids is 2. The molecule has 2 aromatic heterocycles. The Kier molecular flexibility index (Phi) is 5.40. The van der Waals surface area contributed by atoms with Crippen LogP contribution in [0.5, 0.6) is 0 Å². The fraction of sp³-hybridized carbons (Fsp3) is 0.533. The molecule has 0 spiro atoms. The lowest BCUT2D eigenvalue weighted by molar-refractivity contribution is -0.149. The molecule has 0 saturated heterocycles. The summed E-state index contributed by atoms with van der Waals surface area (Å²) in [6, 6.07) is -0.00639. The van der Waals surface area contributed by atoms with Gasteiger partial charge in [0.25, 0.3) is 11.5 Å². The van der Waals surface area contributed by atoms with Crippen LogP contribution in [0.1, 0.15) is 20.3 Å². The summed E-state index contributed by atoms with van der Waals surface area (Å²) in [5.41, 5.74) is -0.772. The predicted octanol–water partition coefficient (Wildman–Crippen LogP) is -1.11. The van der Waals surface area contributed by atoms with Crippen LogP contribution in [-0.2, 0) is 35.0 Å². The number of aryl methyl sites for hydroxylation is 1. The topological polar surface area (TPSA) is 117 Å². The smallest absolute Gasteiger partial charge is 0.332 e. The first-order chi connectivity index (χ1) is 11.8. The van der Waals surface area contributed by atoms with E-state index >= 15 is 0 Å². The summed E-state index contributed by atoms with van der Waals surface area (Å²) in [5.74, 6) is -1.08. The van der Waals surface area contributed by atoms with Crippen LogP contribution in [0.15, 0.2) is 15.9 Å². The van der Waals surface area contributed by atoms with Crippen molar-refractivity contribution in [1.82, 2.24) is 24.0 Å². The Bertz CT molecular complexity index is 923. The summed E-state index contributed by atoms with van der Waals surface area (Å²) in [4.78, 5) is 51.7. The number of carbonyl (C=O) groups is 2. The molecule has 136 valence electrons. The van der Waals surface area contributed by atoms with Gasteiger partial charge in [-0.15, -0.1) is 0 Å². The van der Waals surface area contributed by atoms with Crippen molar-refractivity contribution in [2.75, 3.05) is 6.61 Å². The maximum atomic E-state index is 12.3. The van der Waals surface area contributed by atoms with E-state index in [-0.39, 0.29) is 23.8 Å². The lowest BCUT2D eigenvalue weighted by Crippen LogP contribution is -2.38. The molecule has 2 aromatic rings. The maximum Gasteiger partial charge on any atom is 0.332 e. The molecule has 25 heavy (non-hydrogen) atoms. The number of rotatable bonds is 6. The second-order valence-corrected chi connectivity index (χ2v) is 5.79. The van der Waals surface area contributed by atoms with E-state index in [9.17, 15) is 19.2 Å². The van der Waals surface area contributed by atoms with E-state index in [0.717, 1.165) is 11.0 Å². The molecule has 0 unspecified atom stereocenters. The Morgan fingerprint density at radius 2 is 1.96 bits per heavy atom. The highest BCUT2D eigenvalue weighted by molar-refractivity contribution is 5.81. The normalized spacial score (nSPS) is 12.2. The first-order valence-corrected chi connectivity index (χ1v) is 7.82. The Labute approximate surface area is 143 Å². The number of fused-ring (bicyclic) bond motifs is 1. The Balaban J connectivity index is 2.13. The number of amides is 1. The van der Waals surface area contributed by atoms with Gasteiger partial charge in [-0.1, -0.05) is 6.92 Å². The van der Waals surface area contributed by atoms with Gasteiger partial charge in [0.1, 0.15) is 6.54 Å². The van der Waals surface area contributed by atoms with Gasteiger partial charge < -0.3 is 14.6 Å². The number of aromatic nitrogens is 4. The lowest BCUT2D eigenvalue weighted by Gasteiger charge is -2.11. The molecule has 1 amide bonds. The van der Waals surface area contributed by atoms with E-state index in [1.165, 1.54) is 29.6 Å². The van der Waals surface area contributed by atoms with Crippen molar-refractivity contribution in [1.29, 1.82) is 0 Å². The van der Waals surface area contributed by atoms with E-state index in [0.29, 0.717) is 0 Å². The molecule has 0 fully saturated rings. The molecule has 0 aliphatic heterocycles. The third-order valence-electron chi connectivity index (χ3n) is 3.90. The van der Waals surface area contributed by atoms with E-state index in [4.69, 9.17) is 4.74 Å². The zero-order valence-electron chi connectivity index (χ0n) is 14.6. The minimum absolute atomic E-state index is 0.00639. The van der Waals surface area contributed by atoms with Crippen LogP contribution in [0, 0.1) is 0 Å².